The molecule has 1 aromatic rings. The molecule has 172 valence electrons. The van der Waals surface area contributed by atoms with Crippen LogP contribution < -0.4 is 11.1 Å². The van der Waals surface area contributed by atoms with Crippen LogP contribution >= 0.6 is 0 Å². The Hall–Kier alpha value is -3.03. The predicted octanol–water partition coefficient (Wildman–Crippen LogP) is 3.43. The summed E-state index contributed by atoms with van der Waals surface area (Å²) >= 11 is 0. The Morgan fingerprint density at radius 2 is 2.03 bits per heavy atom. The number of allylic oxidation sites excluding steroid dienone is 4. The number of nitrogens with one attached hydrogen (secondary N) is 2. The highest BCUT2D eigenvalue weighted by atomic mass is 16.3. The topological polar surface area (TPSA) is 115 Å². The average Bonchev–Trinajstić information content (AvgIpc) is 2.80. The third kappa shape index (κ3) is 6.73. The summed E-state index contributed by atoms with van der Waals surface area (Å²) in [6.07, 6.45) is 9.16. The fourth-order valence-corrected chi connectivity index (χ4v) is 3.83. The molecule has 0 saturated carbocycles. The summed E-state index contributed by atoms with van der Waals surface area (Å²) in [7, 11) is 0. The van der Waals surface area contributed by atoms with Gasteiger partial charge in [0.15, 0.2) is 0 Å². The number of aliphatic hydroxyl groups excluding tert-OH is 1. The van der Waals surface area contributed by atoms with Crippen LogP contribution in [0.1, 0.15) is 39.2 Å². The second kappa shape index (κ2) is 12.7. The molecule has 5 N–H and O–H groups in total. The van der Waals surface area contributed by atoms with Crippen molar-refractivity contribution in [2.45, 2.75) is 52.2 Å². The fourth-order valence-electron chi connectivity index (χ4n) is 3.83. The van der Waals surface area contributed by atoms with E-state index in [4.69, 9.17) is 11.1 Å². The minimum Gasteiger partial charge on any atom is -0.404 e. The molecule has 7 heteroatoms. The third-order valence-electron chi connectivity index (χ3n) is 5.66. The van der Waals surface area contributed by atoms with Gasteiger partial charge in [0, 0.05) is 61.1 Å². The van der Waals surface area contributed by atoms with E-state index in [0.29, 0.717) is 30.3 Å². The Kier molecular flexibility index (Phi) is 10.0. The summed E-state index contributed by atoms with van der Waals surface area (Å²) in [5.74, 6) is -0.250. The lowest BCUT2D eigenvalue weighted by Gasteiger charge is -2.46. The zero-order chi connectivity index (χ0) is 23.5. The van der Waals surface area contributed by atoms with Crippen LogP contribution in [-0.4, -0.2) is 53.6 Å². The van der Waals surface area contributed by atoms with Crippen LogP contribution in [0.25, 0.3) is 0 Å². The van der Waals surface area contributed by atoms with Crippen molar-refractivity contribution in [1.82, 2.24) is 4.90 Å². The number of carbonyl (C=O) groups excluding carboxylic acids is 1. The van der Waals surface area contributed by atoms with Crippen molar-refractivity contribution in [3.8, 4) is 0 Å². The van der Waals surface area contributed by atoms with E-state index in [1.807, 2.05) is 38.1 Å². The van der Waals surface area contributed by atoms with Gasteiger partial charge >= 0.3 is 0 Å². The number of anilines is 1. The van der Waals surface area contributed by atoms with Gasteiger partial charge in [-0.1, -0.05) is 19.1 Å². The van der Waals surface area contributed by atoms with Crippen molar-refractivity contribution >= 4 is 24.0 Å². The van der Waals surface area contributed by atoms with Crippen LogP contribution in [0.15, 0.2) is 64.3 Å². The molecule has 1 aliphatic heterocycles. The standard InChI is InChI=1S/C25H35N5O2/c1-4-24(21(13-26)14-27)20(15-28-5-2)8-11-25(32)29-22-9-6-19(7-10-22)16-30-18(3)12-23(30)17-31/h6-11,13-15,18,23,26,31H,4-5,12,16-17,27H2,1-3H3,(H,29,32)/b11-8+,21-14+,24-20+,26-13?,28-15?. The normalized spacial score (nSPS) is 20.3. The van der Waals surface area contributed by atoms with Gasteiger partial charge < -0.3 is 21.6 Å². The predicted molar refractivity (Wildman–Crippen MR) is 132 cm³/mol. The number of nitrogens with two attached hydrogens (primary N) is 1. The molecule has 0 radical (unpaired) electrons. The van der Waals surface area contributed by atoms with Gasteiger partial charge in [-0.25, -0.2) is 0 Å². The van der Waals surface area contributed by atoms with Gasteiger partial charge in [-0.15, -0.1) is 0 Å². The van der Waals surface area contributed by atoms with E-state index in [0.717, 1.165) is 29.7 Å². The van der Waals surface area contributed by atoms with Gasteiger partial charge in [0.05, 0.1) is 6.61 Å². The number of hydrogen-bond donors (Lipinski definition) is 4. The maximum Gasteiger partial charge on any atom is 0.248 e. The Labute approximate surface area is 190 Å². The molecule has 1 saturated heterocycles. The van der Waals surface area contributed by atoms with E-state index in [9.17, 15) is 9.90 Å². The third-order valence-corrected chi connectivity index (χ3v) is 5.66. The summed E-state index contributed by atoms with van der Waals surface area (Å²) in [5.41, 5.74) is 9.72. The van der Waals surface area contributed by atoms with E-state index >= 15 is 0 Å². The lowest BCUT2D eigenvalue weighted by molar-refractivity contribution is -0.111. The summed E-state index contributed by atoms with van der Waals surface area (Å²) in [5, 5.41) is 19.9. The van der Waals surface area contributed by atoms with E-state index < -0.39 is 0 Å². The summed E-state index contributed by atoms with van der Waals surface area (Å²) < 4.78 is 0. The number of hydrogen-bond acceptors (Lipinski definition) is 6. The van der Waals surface area contributed by atoms with Crippen molar-refractivity contribution in [3.63, 3.8) is 0 Å². The molecule has 32 heavy (non-hydrogen) atoms. The largest absolute Gasteiger partial charge is 0.404 e. The lowest BCUT2D eigenvalue weighted by Crippen LogP contribution is -2.55. The summed E-state index contributed by atoms with van der Waals surface area (Å²) in [6.45, 7) is 7.67. The maximum absolute atomic E-state index is 12.5. The monoisotopic (exact) mass is 437 g/mol. The van der Waals surface area contributed by atoms with Crippen LogP contribution in [0.3, 0.4) is 0 Å². The molecule has 2 unspecified atom stereocenters. The SMILES string of the molecule is CCN=CC(/C=C/C(=O)Nc1ccc(CN2C(C)CC2CO)cc1)=C(CC)/C(C=N)=C/N. The van der Waals surface area contributed by atoms with E-state index in [1.54, 1.807) is 12.3 Å². The first kappa shape index (κ1) is 25.2. The molecular formula is C25H35N5O2. The second-order valence-corrected chi connectivity index (χ2v) is 7.79. The molecule has 1 amide bonds. The van der Waals surface area contributed by atoms with Gasteiger partial charge in [0.1, 0.15) is 0 Å². The Morgan fingerprint density at radius 3 is 2.56 bits per heavy atom. The van der Waals surface area contributed by atoms with Crippen LogP contribution in [0.5, 0.6) is 0 Å². The zero-order valence-corrected chi connectivity index (χ0v) is 19.2. The molecule has 2 atom stereocenters. The van der Waals surface area contributed by atoms with Gasteiger partial charge in [-0.2, -0.15) is 0 Å². The molecule has 1 aliphatic rings. The van der Waals surface area contributed by atoms with Crippen LogP contribution in [0.4, 0.5) is 5.69 Å². The quantitative estimate of drug-likeness (QED) is 0.241. The molecule has 0 spiro atoms. The Balaban J connectivity index is 2.07. The molecule has 0 bridgehead atoms. The van der Waals surface area contributed by atoms with Gasteiger partial charge in [0.2, 0.25) is 5.91 Å². The van der Waals surface area contributed by atoms with E-state index in [1.165, 1.54) is 18.5 Å². The number of rotatable bonds is 11. The smallest absolute Gasteiger partial charge is 0.248 e. The highest BCUT2D eigenvalue weighted by Crippen LogP contribution is 2.27. The van der Waals surface area contributed by atoms with Crippen LogP contribution in [0.2, 0.25) is 0 Å². The molecule has 1 fully saturated rings. The zero-order valence-electron chi connectivity index (χ0n) is 19.2. The minimum atomic E-state index is -0.250. The number of carbonyl (C=O) groups is 1. The summed E-state index contributed by atoms with van der Waals surface area (Å²) in [4.78, 5) is 19.0. The number of nitrogens with zero attached hydrogens (tertiary/aromatic N) is 2. The van der Waals surface area contributed by atoms with Crippen LogP contribution in [-0.2, 0) is 11.3 Å². The first-order valence-corrected chi connectivity index (χ1v) is 11.1. The minimum absolute atomic E-state index is 0.187. The van der Waals surface area contributed by atoms with E-state index in [2.05, 4.69) is 22.1 Å². The first-order valence-electron chi connectivity index (χ1n) is 11.1. The number of likely N-dealkylation sites (tertiary alicyclic amines) is 1. The molecular weight excluding hydrogens is 402 g/mol. The van der Waals surface area contributed by atoms with Crippen molar-refractivity contribution < 1.29 is 9.90 Å². The highest BCUT2D eigenvalue weighted by molar-refractivity contribution is 6.01. The Bertz CT molecular complexity index is 899. The molecule has 1 aromatic carbocycles. The lowest BCUT2D eigenvalue weighted by atomic mass is 9.94. The van der Waals surface area contributed by atoms with Crippen molar-refractivity contribution in [1.29, 1.82) is 5.41 Å². The van der Waals surface area contributed by atoms with E-state index in [-0.39, 0.29) is 18.6 Å². The highest BCUT2D eigenvalue weighted by Gasteiger charge is 2.34. The number of amides is 1. The van der Waals surface area contributed by atoms with Crippen molar-refractivity contribution in [2.75, 3.05) is 18.5 Å². The number of aliphatic imine (C=N–C) groups is 1. The molecule has 7 nitrogen and oxygen atoms in total. The molecule has 1 heterocycles. The van der Waals surface area contributed by atoms with Crippen molar-refractivity contribution in [3.05, 3.63) is 64.9 Å². The first-order chi connectivity index (χ1) is 15.5. The summed E-state index contributed by atoms with van der Waals surface area (Å²) in [6, 6.07) is 8.48. The van der Waals surface area contributed by atoms with Gasteiger partial charge in [-0.3, -0.25) is 14.7 Å². The molecule has 2 rings (SSSR count). The maximum atomic E-state index is 12.5. The van der Waals surface area contributed by atoms with Gasteiger partial charge in [0.25, 0.3) is 0 Å². The van der Waals surface area contributed by atoms with Crippen molar-refractivity contribution in [2.24, 2.45) is 10.7 Å². The second-order valence-electron chi connectivity index (χ2n) is 7.79. The fraction of sp³-hybridized carbons (Fsp3) is 0.400. The van der Waals surface area contributed by atoms with Gasteiger partial charge in [-0.05, 0) is 61.6 Å². The average molecular weight is 438 g/mol. The number of aliphatic hydroxyl groups is 1. The Morgan fingerprint density at radius 1 is 1.31 bits per heavy atom. The molecule has 0 aliphatic carbocycles. The van der Waals surface area contributed by atoms with Crippen LogP contribution in [0, 0.1) is 5.41 Å². The number of benzene rings is 1. The molecule has 0 aromatic heterocycles.